The quantitative estimate of drug-likeness (QED) is 0.107. The van der Waals surface area contributed by atoms with Gasteiger partial charge in [0.25, 0.3) is 0 Å². The second-order valence-electron chi connectivity index (χ2n) is 18.3. The van der Waals surface area contributed by atoms with Gasteiger partial charge in [-0.2, -0.15) is 4.31 Å². The highest BCUT2D eigenvalue weighted by Crippen LogP contribution is 2.36. The summed E-state index contributed by atoms with van der Waals surface area (Å²) in [4.78, 5) is 24.2. The van der Waals surface area contributed by atoms with Crippen molar-refractivity contribution in [2.24, 2.45) is 28.4 Å². The van der Waals surface area contributed by atoms with Crippen LogP contribution in [-0.4, -0.2) is 129 Å². The van der Waals surface area contributed by atoms with Gasteiger partial charge in [-0.05, 0) is 79.5 Å². The Morgan fingerprint density at radius 2 is 1.60 bits per heavy atom. The number of benzene rings is 2. The van der Waals surface area contributed by atoms with Gasteiger partial charge in [-0.15, -0.1) is 0 Å². The number of aliphatic hydroxyl groups excluding tert-OH is 1. The molecule has 0 aromatic heterocycles. The summed E-state index contributed by atoms with van der Waals surface area (Å²) >= 11 is 0. The first kappa shape index (κ1) is 56.0. The van der Waals surface area contributed by atoms with Crippen LogP contribution in [-0.2, 0) is 49.5 Å². The van der Waals surface area contributed by atoms with E-state index in [9.17, 15) is 39.9 Å². The van der Waals surface area contributed by atoms with Crippen LogP contribution in [0.4, 0.5) is 9.59 Å². The maximum absolute atomic E-state index is 14.1. The number of nitrogens with two attached hydrogens (primary N) is 1. The molecule has 18 nitrogen and oxygen atoms in total. The van der Waals surface area contributed by atoms with Crippen LogP contribution in [0.5, 0.6) is 11.5 Å². The third-order valence-corrected chi connectivity index (χ3v) is 14.1. The van der Waals surface area contributed by atoms with Crippen LogP contribution in [0, 0.1) is 22.7 Å². The van der Waals surface area contributed by atoms with Gasteiger partial charge in [0, 0.05) is 42.6 Å². The molecule has 0 saturated carbocycles. The van der Waals surface area contributed by atoms with Gasteiger partial charge in [0.05, 0.1) is 42.4 Å². The average Bonchev–Trinajstić information content (AvgIpc) is 3.97. The van der Waals surface area contributed by atoms with Crippen molar-refractivity contribution in [3.8, 4) is 11.5 Å². The minimum atomic E-state index is -4.11. The lowest BCUT2D eigenvalue weighted by Gasteiger charge is -2.35. The van der Waals surface area contributed by atoms with E-state index in [4.69, 9.17) is 29.4 Å². The topological polar surface area (TPSA) is 256 Å². The molecule has 5 atom stereocenters. The van der Waals surface area contributed by atoms with Crippen molar-refractivity contribution < 1.29 is 63.6 Å². The second-order valence-corrected chi connectivity index (χ2v) is 25.2. The molecular weight excluding hydrogens is 928 g/mol. The van der Waals surface area contributed by atoms with Gasteiger partial charge < -0.3 is 45.2 Å². The molecular formula is C43H69ClN4O14S3. The predicted molar refractivity (Wildman–Crippen MR) is 247 cm³/mol. The van der Waals surface area contributed by atoms with Crippen molar-refractivity contribution in [1.29, 1.82) is 0 Å². The highest BCUT2D eigenvalue weighted by atomic mass is 35.7. The Morgan fingerprint density at radius 1 is 0.954 bits per heavy atom. The summed E-state index contributed by atoms with van der Waals surface area (Å²) in [5.74, 6) is 1.33. The van der Waals surface area contributed by atoms with Gasteiger partial charge >= 0.3 is 11.3 Å². The Morgan fingerprint density at radius 3 is 2.22 bits per heavy atom. The van der Waals surface area contributed by atoms with Crippen molar-refractivity contribution in [3.05, 3.63) is 54.1 Å². The summed E-state index contributed by atoms with van der Waals surface area (Å²) in [5, 5.41) is 16.0. The third kappa shape index (κ3) is 19.1. The molecule has 2 saturated heterocycles. The first-order valence-corrected chi connectivity index (χ1v) is 27.6. The molecule has 22 heteroatoms. The number of amides is 2. The van der Waals surface area contributed by atoms with Gasteiger partial charge in [-0.25, -0.2) is 30.0 Å². The summed E-state index contributed by atoms with van der Waals surface area (Å²) in [5.41, 5.74) is 6.38. The van der Waals surface area contributed by atoms with E-state index in [0.29, 0.717) is 43.5 Å². The molecule has 3 aliphatic rings. The number of hydrogen-bond donors (Lipinski definition) is 4. The molecule has 0 aliphatic carbocycles. The van der Waals surface area contributed by atoms with E-state index >= 15 is 0 Å². The van der Waals surface area contributed by atoms with E-state index in [1.54, 1.807) is 6.07 Å². The van der Waals surface area contributed by atoms with E-state index in [0.717, 1.165) is 43.8 Å². The number of rotatable bonds is 19. The number of nitrogens with zero attached hydrogens (tertiary/aromatic N) is 1. The van der Waals surface area contributed by atoms with Gasteiger partial charge in [0.15, 0.2) is 17.8 Å². The van der Waals surface area contributed by atoms with Crippen molar-refractivity contribution in [3.63, 3.8) is 0 Å². The van der Waals surface area contributed by atoms with E-state index in [2.05, 4.69) is 49.0 Å². The first-order chi connectivity index (χ1) is 30.1. The third-order valence-electron chi connectivity index (χ3n) is 11.5. The van der Waals surface area contributed by atoms with Crippen LogP contribution in [0.3, 0.4) is 0 Å². The number of hydrogen-bond acceptors (Lipinski definition) is 15. The van der Waals surface area contributed by atoms with E-state index in [1.165, 1.54) is 16.4 Å². The number of halogens is 1. The minimum Gasteiger partial charge on any atom is -0.454 e. The molecule has 2 amide bonds. The Hall–Kier alpha value is -3.28. The van der Waals surface area contributed by atoms with Crippen LogP contribution >= 0.6 is 10.7 Å². The molecule has 2 fully saturated rings. The number of aliphatic hydroxyl groups is 1. The fraction of sp³-hybridized carbons (Fsp3) is 0.674. The fourth-order valence-corrected chi connectivity index (χ4v) is 9.11. The normalized spacial score (nSPS) is 19.3. The number of sulfone groups is 1. The summed E-state index contributed by atoms with van der Waals surface area (Å²) in [6.45, 7) is 14.1. The van der Waals surface area contributed by atoms with Gasteiger partial charge in [0.2, 0.25) is 35.7 Å². The number of fused-ring (bicyclic) bond motifs is 2. The second kappa shape index (κ2) is 24.7. The smallest absolute Gasteiger partial charge is 0.407 e. The van der Waals surface area contributed by atoms with Crippen LogP contribution < -0.4 is 25.8 Å². The molecule has 3 heterocycles. The summed E-state index contributed by atoms with van der Waals surface area (Å²) in [6, 6.07) is 13.0. The van der Waals surface area contributed by atoms with Crippen molar-refractivity contribution in [1.82, 2.24) is 14.9 Å². The Bertz CT molecular complexity index is 2170. The van der Waals surface area contributed by atoms with E-state index in [-0.39, 0.29) is 55.4 Å². The zero-order valence-corrected chi connectivity index (χ0v) is 41.9. The predicted octanol–water partition coefficient (Wildman–Crippen LogP) is 5.02. The molecule has 0 bridgehead atoms. The summed E-state index contributed by atoms with van der Waals surface area (Å²) in [6.07, 6.45) is 3.15. The van der Waals surface area contributed by atoms with Crippen LogP contribution in [0.1, 0.15) is 79.2 Å². The number of nitrogens with one attached hydrogen (secondary N) is 2. The molecule has 5 N–H and O–H groups in total. The summed E-state index contributed by atoms with van der Waals surface area (Å²) < 4.78 is 97.6. The number of carbonyl (C=O) groups excluding carboxylic acids is 2. The first-order valence-electron chi connectivity index (χ1n) is 21.5. The highest BCUT2D eigenvalue weighted by molar-refractivity contribution is 8.13. The lowest BCUT2D eigenvalue weighted by molar-refractivity contribution is -0.0907. The lowest BCUT2D eigenvalue weighted by Crippen LogP contribution is -2.52. The zero-order valence-electron chi connectivity index (χ0n) is 38.7. The van der Waals surface area contributed by atoms with Crippen molar-refractivity contribution in [2.45, 2.75) is 110 Å². The molecule has 370 valence electrons. The van der Waals surface area contributed by atoms with E-state index < -0.39 is 63.9 Å². The molecule has 65 heavy (non-hydrogen) atoms. The van der Waals surface area contributed by atoms with Gasteiger partial charge in [-0.1, -0.05) is 71.9 Å². The molecule has 2 aromatic carbocycles. The number of carbonyl (C=O) groups is 2. The monoisotopic (exact) mass is 996 g/mol. The fourth-order valence-electron chi connectivity index (χ4n) is 7.08. The number of ether oxygens (including phenoxy) is 5. The molecule has 0 radical (unpaired) electrons. The lowest BCUT2D eigenvalue weighted by atomic mass is 9.77. The SMILES string of the molecule is CC(C)(CCCN)CN(C[C@@H](O)[C@H](Cc1ccccc1)NC(=O)O[C@H]1CO[C@H]2OCC[C@H]21)S(=O)(=O)c1ccc2c(c1)OCO2.CC(C)C(C)(C)CCCNC(=O)S(C)(=O)=O.CS(=O)(=O)Cl. The average molecular weight is 998 g/mol. The largest absolute Gasteiger partial charge is 0.454 e. The molecule has 5 rings (SSSR count). The van der Waals surface area contributed by atoms with Crippen molar-refractivity contribution in [2.75, 3.05) is 58.7 Å². The molecule has 0 spiro atoms. The Balaban J connectivity index is 0.000000445. The molecule has 3 aliphatic heterocycles. The Kier molecular flexibility index (Phi) is 21.3. The standard InChI is InChI=1S/C31H43N3O9S.C11H23NO3S.CH3ClO2S/c1-31(2,12-6-13-32)19-34(44(37,38)22-9-10-26-27(16-22)42-20-41-26)17-25(35)24(15-21-7-4-3-5-8-21)33-30(36)43-28-18-40-29-23(28)11-14-39-29;1-9(2)11(3,4)7-6-8-12-10(13)16(5,14)15;1-5(2,3)4/h3-5,7-10,16,23-25,28-29,35H,6,11-15,17-20,32H2,1-2H3,(H,33,36);9H,6-8H2,1-5H3,(H,12,13);1H3/t23-,24-,25+,28-,29+;;/m0../s1. The van der Waals surface area contributed by atoms with Crippen LogP contribution in [0.2, 0.25) is 0 Å². The van der Waals surface area contributed by atoms with Crippen LogP contribution in [0.15, 0.2) is 53.4 Å². The Labute approximate surface area is 389 Å². The van der Waals surface area contributed by atoms with Gasteiger partial charge in [0.1, 0.15) is 6.10 Å². The molecule has 2 aromatic rings. The number of alkyl carbamates (subject to hydrolysis) is 1. The number of sulfonamides is 1. The molecule has 0 unspecified atom stereocenters. The maximum Gasteiger partial charge on any atom is 0.407 e. The van der Waals surface area contributed by atoms with Gasteiger partial charge in [-0.3, -0.25) is 4.79 Å². The van der Waals surface area contributed by atoms with E-state index in [1.807, 2.05) is 44.2 Å². The maximum atomic E-state index is 14.1. The van der Waals surface area contributed by atoms with Crippen molar-refractivity contribution >= 4 is 50.9 Å². The highest BCUT2D eigenvalue weighted by Gasteiger charge is 2.44. The minimum absolute atomic E-state index is 0.0116. The van der Waals surface area contributed by atoms with Crippen LogP contribution in [0.25, 0.3) is 0 Å². The zero-order chi connectivity index (χ0) is 48.8. The summed E-state index contributed by atoms with van der Waals surface area (Å²) in [7, 11) is -6.38.